The zero-order chi connectivity index (χ0) is 14.0. The van der Waals surface area contributed by atoms with E-state index in [0.717, 1.165) is 6.26 Å². The van der Waals surface area contributed by atoms with Gasteiger partial charge in [0.15, 0.2) is 20.7 Å². The van der Waals surface area contributed by atoms with E-state index in [1.165, 1.54) is 18.3 Å². The summed E-state index contributed by atoms with van der Waals surface area (Å²) in [6.07, 6.45) is 2.56. The van der Waals surface area contributed by atoms with E-state index in [1.54, 1.807) is 12.1 Å². The molecule has 5 nitrogen and oxygen atoms in total. The molecule has 0 radical (unpaired) electrons. The molecule has 1 aromatic heterocycles. The Morgan fingerprint density at radius 2 is 1.89 bits per heavy atom. The van der Waals surface area contributed by atoms with Gasteiger partial charge in [-0.25, -0.2) is 18.4 Å². The van der Waals surface area contributed by atoms with Crippen molar-refractivity contribution in [2.24, 2.45) is 0 Å². The predicted octanol–water partition coefficient (Wildman–Crippen LogP) is 2.07. The molecule has 19 heavy (non-hydrogen) atoms. The van der Waals surface area contributed by atoms with Crippen molar-refractivity contribution in [1.29, 1.82) is 5.26 Å². The highest BCUT2D eigenvalue weighted by Gasteiger charge is 2.09. The van der Waals surface area contributed by atoms with Gasteiger partial charge >= 0.3 is 0 Å². The zero-order valence-electron chi connectivity index (χ0n) is 9.83. The van der Waals surface area contributed by atoms with Crippen LogP contribution in [0, 0.1) is 11.3 Å². The highest BCUT2D eigenvalue weighted by atomic mass is 35.5. The molecule has 0 saturated heterocycles. The Bertz CT molecular complexity index is 765. The Hall–Kier alpha value is -1.97. The van der Waals surface area contributed by atoms with E-state index in [-0.39, 0.29) is 15.7 Å². The highest BCUT2D eigenvalue weighted by molar-refractivity contribution is 7.90. The minimum atomic E-state index is -3.23. The molecule has 2 aromatic rings. The van der Waals surface area contributed by atoms with Gasteiger partial charge in [-0.3, -0.25) is 0 Å². The Kier molecular flexibility index (Phi) is 3.51. The van der Waals surface area contributed by atoms with E-state index in [2.05, 4.69) is 9.97 Å². The largest absolute Gasteiger partial charge is 0.240 e. The molecule has 1 aromatic carbocycles. The van der Waals surface area contributed by atoms with Gasteiger partial charge in [0.25, 0.3) is 0 Å². The van der Waals surface area contributed by atoms with E-state index in [9.17, 15) is 8.42 Å². The number of sulfone groups is 1. The van der Waals surface area contributed by atoms with Crippen molar-refractivity contribution >= 4 is 21.4 Å². The van der Waals surface area contributed by atoms with Crippen LogP contribution in [0.2, 0.25) is 5.15 Å². The predicted molar refractivity (Wildman–Crippen MR) is 70.3 cm³/mol. The molecule has 0 atom stereocenters. The number of benzene rings is 1. The molecular weight excluding hydrogens is 286 g/mol. The van der Waals surface area contributed by atoms with Crippen molar-refractivity contribution in [2.45, 2.75) is 4.90 Å². The van der Waals surface area contributed by atoms with Crippen LogP contribution in [0.25, 0.3) is 11.3 Å². The maximum atomic E-state index is 11.3. The fourth-order valence-electron chi connectivity index (χ4n) is 1.45. The second-order valence-electron chi connectivity index (χ2n) is 3.80. The van der Waals surface area contributed by atoms with Gasteiger partial charge in [-0.2, -0.15) is 5.26 Å². The molecule has 0 aliphatic heterocycles. The first-order valence-corrected chi connectivity index (χ1v) is 7.42. The van der Waals surface area contributed by atoms with Crippen LogP contribution in [0.4, 0.5) is 0 Å². The first kappa shape index (κ1) is 13.5. The fraction of sp³-hybridized carbons (Fsp3) is 0.0833. The summed E-state index contributed by atoms with van der Waals surface area (Å²) in [5, 5.41) is 8.72. The van der Waals surface area contributed by atoms with Gasteiger partial charge in [0.1, 0.15) is 6.07 Å². The normalized spacial score (nSPS) is 11.0. The zero-order valence-corrected chi connectivity index (χ0v) is 11.4. The molecular formula is C12H8ClN3O2S. The monoisotopic (exact) mass is 293 g/mol. The molecule has 1 heterocycles. The number of nitriles is 1. The van der Waals surface area contributed by atoms with E-state index in [4.69, 9.17) is 16.9 Å². The maximum Gasteiger partial charge on any atom is 0.177 e. The molecule has 0 amide bonds. The summed E-state index contributed by atoms with van der Waals surface area (Å²) < 4.78 is 22.7. The van der Waals surface area contributed by atoms with Crippen molar-refractivity contribution < 1.29 is 8.42 Å². The number of hydrogen-bond donors (Lipinski definition) is 0. The van der Waals surface area contributed by atoms with Crippen LogP contribution in [0.3, 0.4) is 0 Å². The van der Waals surface area contributed by atoms with Gasteiger partial charge in [-0.1, -0.05) is 23.7 Å². The number of nitrogens with zero attached hydrogens (tertiary/aromatic N) is 3. The average Bonchev–Trinajstić information content (AvgIpc) is 2.38. The Morgan fingerprint density at radius 1 is 1.26 bits per heavy atom. The van der Waals surface area contributed by atoms with Crippen LogP contribution in [-0.2, 0) is 9.84 Å². The Morgan fingerprint density at radius 3 is 2.37 bits per heavy atom. The highest BCUT2D eigenvalue weighted by Crippen LogP contribution is 2.21. The number of aromatic nitrogens is 2. The topological polar surface area (TPSA) is 83.7 Å². The molecule has 0 bridgehead atoms. The van der Waals surface area contributed by atoms with Crippen LogP contribution in [0.15, 0.2) is 35.4 Å². The molecule has 0 spiro atoms. The number of halogens is 1. The standard InChI is InChI=1S/C12H8ClN3O2S/c1-19(17,18)9-4-2-8(3-5-9)11-7-15-10(6-14)12(13)16-11/h2-5,7H,1H3. The third-order valence-corrected chi connectivity index (χ3v) is 3.81. The molecule has 0 saturated carbocycles. The third kappa shape index (κ3) is 2.89. The smallest absolute Gasteiger partial charge is 0.177 e. The molecule has 0 N–H and O–H groups in total. The van der Waals surface area contributed by atoms with Gasteiger partial charge < -0.3 is 0 Å². The summed E-state index contributed by atoms with van der Waals surface area (Å²) in [6.45, 7) is 0. The number of rotatable bonds is 2. The molecule has 0 unspecified atom stereocenters. The summed E-state index contributed by atoms with van der Waals surface area (Å²) in [6, 6.07) is 8.01. The van der Waals surface area contributed by atoms with Gasteiger partial charge in [-0.15, -0.1) is 0 Å². The van der Waals surface area contributed by atoms with Crippen molar-refractivity contribution in [3.05, 3.63) is 41.3 Å². The first-order chi connectivity index (χ1) is 8.91. The number of hydrogen-bond acceptors (Lipinski definition) is 5. The Labute approximate surface area is 115 Å². The second-order valence-corrected chi connectivity index (χ2v) is 6.18. The van der Waals surface area contributed by atoms with Crippen LogP contribution in [0.5, 0.6) is 0 Å². The SMILES string of the molecule is CS(=O)(=O)c1ccc(-c2cnc(C#N)c(Cl)n2)cc1. The summed E-state index contributed by atoms with van der Waals surface area (Å²) >= 11 is 5.79. The van der Waals surface area contributed by atoms with Crippen molar-refractivity contribution in [2.75, 3.05) is 6.26 Å². The molecule has 2 rings (SSSR count). The Balaban J connectivity index is 2.44. The lowest BCUT2D eigenvalue weighted by Crippen LogP contribution is -1.97. The third-order valence-electron chi connectivity index (χ3n) is 2.41. The summed E-state index contributed by atoms with van der Waals surface area (Å²) in [7, 11) is -3.23. The first-order valence-electron chi connectivity index (χ1n) is 5.15. The minimum Gasteiger partial charge on any atom is -0.240 e. The molecule has 7 heteroatoms. The van der Waals surface area contributed by atoms with Crippen molar-refractivity contribution in [3.63, 3.8) is 0 Å². The van der Waals surface area contributed by atoms with Gasteiger partial charge in [0.05, 0.1) is 16.8 Å². The molecule has 0 aliphatic carbocycles. The fourth-order valence-corrected chi connectivity index (χ4v) is 2.27. The van der Waals surface area contributed by atoms with Crippen molar-refractivity contribution in [1.82, 2.24) is 9.97 Å². The lowest BCUT2D eigenvalue weighted by atomic mass is 10.2. The van der Waals surface area contributed by atoms with E-state index in [1.807, 2.05) is 6.07 Å². The van der Waals surface area contributed by atoms with Gasteiger partial charge in [-0.05, 0) is 12.1 Å². The summed E-state index contributed by atoms with van der Waals surface area (Å²) in [5.74, 6) is 0. The van der Waals surface area contributed by atoms with Gasteiger partial charge in [0, 0.05) is 11.8 Å². The molecule has 0 aliphatic rings. The van der Waals surface area contributed by atoms with E-state index >= 15 is 0 Å². The summed E-state index contributed by atoms with van der Waals surface area (Å²) in [5.41, 5.74) is 1.20. The molecule has 0 fully saturated rings. The van der Waals surface area contributed by atoms with Crippen LogP contribution < -0.4 is 0 Å². The van der Waals surface area contributed by atoms with E-state index in [0.29, 0.717) is 11.3 Å². The van der Waals surface area contributed by atoms with Gasteiger partial charge in [0.2, 0.25) is 0 Å². The van der Waals surface area contributed by atoms with Crippen LogP contribution in [0.1, 0.15) is 5.69 Å². The van der Waals surface area contributed by atoms with Crippen LogP contribution in [-0.4, -0.2) is 24.6 Å². The lowest BCUT2D eigenvalue weighted by Gasteiger charge is -2.03. The van der Waals surface area contributed by atoms with E-state index < -0.39 is 9.84 Å². The van der Waals surface area contributed by atoms with Crippen LogP contribution >= 0.6 is 11.6 Å². The quantitative estimate of drug-likeness (QED) is 0.846. The average molecular weight is 294 g/mol. The summed E-state index contributed by atoms with van der Waals surface area (Å²) in [4.78, 5) is 8.13. The lowest BCUT2D eigenvalue weighted by molar-refractivity contribution is 0.602. The molecule has 96 valence electrons. The second kappa shape index (κ2) is 4.96. The van der Waals surface area contributed by atoms with Crippen molar-refractivity contribution in [3.8, 4) is 17.3 Å². The minimum absolute atomic E-state index is 0.0205. The maximum absolute atomic E-state index is 11.3.